The van der Waals surface area contributed by atoms with Gasteiger partial charge in [-0.05, 0) is 42.5 Å². The maximum atomic E-state index is 5.88. The molecule has 3 heteroatoms. The van der Waals surface area contributed by atoms with E-state index in [1.165, 1.54) is 36.1 Å². The molecule has 1 aromatic carbocycles. The summed E-state index contributed by atoms with van der Waals surface area (Å²) in [5.41, 5.74) is 10.4. The van der Waals surface area contributed by atoms with Crippen molar-refractivity contribution in [2.75, 3.05) is 38.3 Å². The van der Waals surface area contributed by atoms with Crippen LogP contribution in [0.4, 0.5) is 5.69 Å². The van der Waals surface area contributed by atoms with E-state index in [-0.39, 0.29) is 5.41 Å². The van der Waals surface area contributed by atoms with Crippen LogP contribution in [0.15, 0.2) is 18.2 Å². The summed E-state index contributed by atoms with van der Waals surface area (Å²) in [7, 11) is 2.16. The van der Waals surface area contributed by atoms with Crippen LogP contribution >= 0.6 is 0 Å². The molecule has 3 rings (SSSR count). The molecular formula is C15H22N2O. The number of hydrogen-bond acceptors (Lipinski definition) is 3. The lowest BCUT2D eigenvalue weighted by atomic mass is 9.85. The van der Waals surface area contributed by atoms with Gasteiger partial charge in [0.1, 0.15) is 0 Å². The molecule has 0 aromatic heterocycles. The van der Waals surface area contributed by atoms with Gasteiger partial charge in [-0.15, -0.1) is 0 Å². The van der Waals surface area contributed by atoms with Gasteiger partial charge in [0.05, 0.1) is 13.2 Å². The van der Waals surface area contributed by atoms with Crippen molar-refractivity contribution in [1.29, 1.82) is 0 Å². The molecule has 0 spiro atoms. The first-order valence-electron chi connectivity index (χ1n) is 6.83. The van der Waals surface area contributed by atoms with Crippen LogP contribution in [0.25, 0.3) is 0 Å². The SMILES string of the molecule is CN(CC1(CN)COC1)c1ccc2c(c1)CCC2. The summed E-state index contributed by atoms with van der Waals surface area (Å²) in [4.78, 5) is 2.33. The molecule has 1 aliphatic carbocycles. The number of nitrogens with two attached hydrogens (primary N) is 1. The van der Waals surface area contributed by atoms with Crippen LogP contribution in [0.3, 0.4) is 0 Å². The number of fused-ring (bicyclic) bond motifs is 1. The Kier molecular flexibility index (Phi) is 3.04. The molecule has 1 heterocycles. The Morgan fingerprint density at radius 2 is 2.06 bits per heavy atom. The zero-order chi connectivity index (χ0) is 12.6. The van der Waals surface area contributed by atoms with Gasteiger partial charge in [0, 0.05) is 31.2 Å². The highest BCUT2D eigenvalue weighted by atomic mass is 16.5. The Bertz CT molecular complexity index is 435. The van der Waals surface area contributed by atoms with Gasteiger partial charge in [0.15, 0.2) is 0 Å². The van der Waals surface area contributed by atoms with Crippen LogP contribution in [-0.4, -0.2) is 33.4 Å². The molecular weight excluding hydrogens is 224 g/mol. The Hall–Kier alpha value is -1.06. The molecule has 2 N–H and O–H groups in total. The van der Waals surface area contributed by atoms with E-state index >= 15 is 0 Å². The third-order valence-corrected chi connectivity index (χ3v) is 4.34. The van der Waals surface area contributed by atoms with E-state index in [0.717, 1.165) is 19.8 Å². The van der Waals surface area contributed by atoms with E-state index in [1.54, 1.807) is 0 Å². The number of aryl methyl sites for hydroxylation is 2. The Morgan fingerprint density at radius 1 is 1.28 bits per heavy atom. The zero-order valence-electron chi connectivity index (χ0n) is 11.1. The number of rotatable bonds is 4. The average Bonchev–Trinajstić information content (AvgIpc) is 2.80. The standard InChI is InChI=1S/C15H22N2O/c1-17(9-15(8-16)10-18-11-15)14-6-5-12-3-2-4-13(12)7-14/h5-7H,2-4,8-11,16H2,1H3. The molecule has 1 saturated heterocycles. The quantitative estimate of drug-likeness (QED) is 0.876. The molecule has 98 valence electrons. The molecule has 0 unspecified atom stereocenters. The molecule has 2 aliphatic rings. The van der Waals surface area contributed by atoms with Gasteiger partial charge in [0.25, 0.3) is 0 Å². The van der Waals surface area contributed by atoms with Gasteiger partial charge in [-0.1, -0.05) is 6.07 Å². The molecule has 0 radical (unpaired) electrons. The fourth-order valence-corrected chi connectivity index (χ4v) is 3.05. The number of nitrogens with zero attached hydrogens (tertiary/aromatic N) is 1. The normalized spacial score (nSPS) is 20.3. The lowest BCUT2D eigenvalue weighted by Gasteiger charge is -2.43. The fourth-order valence-electron chi connectivity index (χ4n) is 3.05. The highest BCUT2D eigenvalue weighted by molar-refractivity contribution is 5.52. The molecule has 0 amide bonds. The summed E-state index contributed by atoms with van der Waals surface area (Å²) in [6, 6.07) is 6.89. The van der Waals surface area contributed by atoms with Crippen molar-refractivity contribution in [1.82, 2.24) is 0 Å². The summed E-state index contributed by atoms with van der Waals surface area (Å²) in [5.74, 6) is 0. The Morgan fingerprint density at radius 3 is 2.72 bits per heavy atom. The predicted octanol–water partition coefficient (Wildman–Crippen LogP) is 1.59. The van der Waals surface area contributed by atoms with Crippen molar-refractivity contribution in [3.05, 3.63) is 29.3 Å². The highest BCUT2D eigenvalue weighted by Gasteiger charge is 2.38. The van der Waals surface area contributed by atoms with Gasteiger partial charge in [0.2, 0.25) is 0 Å². The van der Waals surface area contributed by atoms with Crippen molar-refractivity contribution in [3.8, 4) is 0 Å². The molecule has 0 bridgehead atoms. The smallest absolute Gasteiger partial charge is 0.0574 e. The van der Waals surface area contributed by atoms with E-state index in [2.05, 4.69) is 30.1 Å². The van der Waals surface area contributed by atoms with E-state index in [0.29, 0.717) is 6.54 Å². The maximum absolute atomic E-state index is 5.88. The molecule has 1 aliphatic heterocycles. The fraction of sp³-hybridized carbons (Fsp3) is 0.600. The number of ether oxygens (including phenoxy) is 1. The minimum atomic E-state index is 0.174. The van der Waals surface area contributed by atoms with Gasteiger partial charge in [-0.25, -0.2) is 0 Å². The molecule has 3 nitrogen and oxygen atoms in total. The number of anilines is 1. The highest BCUT2D eigenvalue weighted by Crippen LogP contribution is 2.31. The lowest BCUT2D eigenvalue weighted by molar-refractivity contribution is -0.101. The van der Waals surface area contributed by atoms with Crippen molar-refractivity contribution in [3.63, 3.8) is 0 Å². The van der Waals surface area contributed by atoms with Crippen LogP contribution in [0.1, 0.15) is 17.5 Å². The third kappa shape index (κ3) is 2.02. The van der Waals surface area contributed by atoms with Gasteiger partial charge in [-0.3, -0.25) is 0 Å². The second kappa shape index (κ2) is 4.56. The molecule has 0 atom stereocenters. The van der Waals surface area contributed by atoms with Crippen molar-refractivity contribution in [2.45, 2.75) is 19.3 Å². The zero-order valence-corrected chi connectivity index (χ0v) is 11.1. The Balaban J connectivity index is 1.74. The first kappa shape index (κ1) is 12.0. The average molecular weight is 246 g/mol. The second-order valence-corrected chi connectivity index (χ2v) is 5.86. The molecule has 0 saturated carbocycles. The third-order valence-electron chi connectivity index (χ3n) is 4.34. The van der Waals surface area contributed by atoms with Crippen LogP contribution in [0.2, 0.25) is 0 Å². The Labute approximate surface area is 109 Å². The summed E-state index contributed by atoms with van der Waals surface area (Å²) < 4.78 is 5.33. The van der Waals surface area contributed by atoms with Crippen LogP contribution in [0.5, 0.6) is 0 Å². The molecule has 18 heavy (non-hydrogen) atoms. The second-order valence-electron chi connectivity index (χ2n) is 5.86. The van der Waals surface area contributed by atoms with Crippen molar-refractivity contribution < 1.29 is 4.74 Å². The monoisotopic (exact) mass is 246 g/mol. The minimum absolute atomic E-state index is 0.174. The van der Waals surface area contributed by atoms with Gasteiger partial charge < -0.3 is 15.4 Å². The van der Waals surface area contributed by atoms with E-state index in [4.69, 9.17) is 10.5 Å². The van der Waals surface area contributed by atoms with Crippen LogP contribution in [-0.2, 0) is 17.6 Å². The first-order valence-corrected chi connectivity index (χ1v) is 6.83. The minimum Gasteiger partial charge on any atom is -0.380 e. The number of hydrogen-bond donors (Lipinski definition) is 1. The van der Waals surface area contributed by atoms with Crippen LogP contribution < -0.4 is 10.6 Å². The molecule has 1 aromatic rings. The summed E-state index contributed by atoms with van der Waals surface area (Å²) in [5, 5.41) is 0. The van der Waals surface area contributed by atoms with Crippen molar-refractivity contribution >= 4 is 5.69 Å². The van der Waals surface area contributed by atoms with Gasteiger partial charge >= 0.3 is 0 Å². The van der Waals surface area contributed by atoms with E-state index in [9.17, 15) is 0 Å². The summed E-state index contributed by atoms with van der Waals surface area (Å²) in [6.45, 7) is 3.31. The van der Waals surface area contributed by atoms with E-state index < -0.39 is 0 Å². The lowest BCUT2D eigenvalue weighted by Crippen LogP contribution is -2.54. The first-order chi connectivity index (χ1) is 8.72. The summed E-state index contributed by atoms with van der Waals surface area (Å²) >= 11 is 0. The maximum Gasteiger partial charge on any atom is 0.0574 e. The summed E-state index contributed by atoms with van der Waals surface area (Å²) in [6.07, 6.45) is 3.80. The predicted molar refractivity (Wildman–Crippen MR) is 74.0 cm³/mol. The number of benzene rings is 1. The topological polar surface area (TPSA) is 38.5 Å². The largest absolute Gasteiger partial charge is 0.380 e. The van der Waals surface area contributed by atoms with Gasteiger partial charge in [-0.2, -0.15) is 0 Å². The van der Waals surface area contributed by atoms with E-state index in [1.807, 2.05) is 0 Å². The van der Waals surface area contributed by atoms with Crippen molar-refractivity contribution in [2.24, 2.45) is 11.1 Å². The van der Waals surface area contributed by atoms with Crippen LogP contribution in [0, 0.1) is 5.41 Å². The molecule has 1 fully saturated rings.